The monoisotopic (exact) mass is 239 g/mol. The standard InChI is InChI=1S/C15H17N3/c1-2-4-11(5-3-1)13-10-15-16-9-8-14(12-6-7-12)18(15)17-13/h1-5,10,12,14,16H,6-9H2. The molecular weight excluding hydrogens is 222 g/mol. The number of fused-ring (bicyclic) bond motifs is 1. The normalized spacial score (nSPS) is 22.3. The van der Waals surface area contributed by atoms with Gasteiger partial charge in [0.15, 0.2) is 0 Å². The fourth-order valence-corrected chi connectivity index (χ4v) is 2.92. The molecule has 2 aromatic rings. The summed E-state index contributed by atoms with van der Waals surface area (Å²) in [5.74, 6) is 2.06. The van der Waals surface area contributed by atoms with E-state index in [1.807, 2.05) is 6.07 Å². The van der Waals surface area contributed by atoms with Crippen LogP contribution in [0.4, 0.5) is 5.82 Å². The molecule has 92 valence electrons. The van der Waals surface area contributed by atoms with E-state index in [1.54, 1.807) is 0 Å². The number of hydrogen-bond acceptors (Lipinski definition) is 2. The first-order chi connectivity index (χ1) is 8.92. The number of aromatic nitrogens is 2. The molecule has 1 aliphatic carbocycles. The maximum atomic E-state index is 4.82. The van der Waals surface area contributed by atoms with Crippen molar-refractivity contribution in [3.8, 4) is 11.3 Å². The maximum absolute atomic E-state index is 4.82. The Balaban J connectivity index is 1.75. The summed E-state index contributed by atoms with van der Waals surface area (Å²) in [6.45, 7) is 1.08. The second-order valence-corrected chi connectivity index (χ2v) is 5.35. The molecule has 18 heavy (non-hydrogen) atoms. The van der Waals surface area contributed by atoms with Crippen molar-refractivity contribution >= 4 is 5.82 Å². The van der Waals surface area contributed by atoms with E-state index in [2.05, 4.69) is 40.3 Å². The number of rotatable bonds is 2. The van der Waals surface area contributed by atoms with Crippen LogP contribution >= 0.6 is 0 Å². The van der Waals surface area contributed by atoms with E-state index in [0.717, 1.165) is 18.2 Å². The Labute approximate surface area is 107 Å². The van der Waals surface area contributed by atoms with Crippen LogP contribution in [0.15, 0.2) is 36.4 Å². The van der Waals surface area contributed by atoms with Gasteiger partial charge in [0.1, 0.15) is 5.82 Å². The lowest BCUT2D eigenvalue weighted by Gasteiger charge is -2.25. The molecule has 3 nitrogen and oxygen atoms in total. The fraction of sp³-hybridized carbons (Fsp3) is 0.400. The quantitative estimate of drug-likeness (QED) is 0.871. The van der Waals surface area contributed by atoms with Crippen LogP contribution in [0.2, 0.25) is 0 Å². The predicted molar refractivity (Wildman–Crippen MR) is 72.5 cm³/mol. The van der Waals surface area contributed by atoms with Crippen LogP contribution in [-0.4, -0.2) is 16.3 Å². The van der Waals surface area contributed by atoms with Crippen molar-refractivity contribution in [3.63, 3.8) is 0 Å². The molecule has 1 aliphatic heterocycles. The lowest BCUT2D eigenvalue weighted by atomic mass is 10.1. The summed E-state index contributed by atoms with van der Waals surface area (Å²) in [4.78, 5) is 0. The first-order valence-electron chi connectivity index (χ1n) is 6.81. The number of hydrogen-bond donors (Lipinski definition) is 1. The minimum Gasteiger partial charge on any atom is -0.370 e. The van der Waals surface area contributed by atoms with Gasteiger partial charge < -0.3 is 5.32 Å². The van der Waals surface area contributed by atoms with Gasteiger partial charge in [0.2, 0.25) is 0 Å². The molecule has 0 saturated heterocycles. The van der Waals surface area contributed by atoms with Crippen LogP contribution in [0.25, 0.3) is 11.3 Å². The number of anilines is 1. The lowest BCUT2D eigenvalue weighted by molar-refractivity contribution is 0.376. The molecule has 1 aromatic heterocycles. The third kappa shape index (κ3) is 1.62. The minimum atomic E-state index is 0.624. The smallest absolute Gasteiger partial charge is 0.125 e. The Hall–Kier alpha value is -1.77. The lowest BCUT2D eigenvalue weighted by Crippen LogP contribution is -2.24. The van der Waals surface area contributed by atoms with Crippen LogP contribution in [0.3, 0.4) is 0 Å². The van der Waals surface area contributed by atoms with Crippen LogP contribution in [-0.2, 0) is 0 Å². The average Bonchev–Trinajstić information content (AvgIpc) is 3.17. The van der Waals surface area contributed by atoms with Crippen LogP contribution in [0, 0.1) is 5.92 Å². The Morgan fingerprint density at radius 1 is 1.11 bits per heavy atom. The van der Waals surface area contributed by atoms with E-state index in [9.17, 15) is 0 Å². The topological polar surface area (TPSA) is 29.9 Å². The second kappa shape index (κ2) is 3.87. The molecule has 2 heterocycles. The highest BCUT2D eigenvalue weighted by Crippen LogP contribution is 2.44. The van der Waals surface area contributed by atoms with E-state index in [4.69, 9.17) is 5.10 Å². The first-order valence-corrected chi connectivity index (χ1v) is 6.81. The summed E-state index contributed by atoms with van der Waals surface area (Å²) in [6.07, 6.45) is 3.98. The van der Waals surface area contributed by atoms with Gasteiger partial charge in [0, 0.05) is 18.2 Å². The molecule has 1 unspecified atom stereocenters. The van der Waals surface area contributed by atoms with Gasteiger partial charge in [-0.25, -0.2) is 4.68 Å². The summed E-state index contributed by atoms with van der Waals surface area (Å²) in [6, 6.07) is 13.2. The molecule has 0 bridgehead atoms. The zero-order valence-corrected chi connectivity index (χ0v) is 10.3. The van der Waals surface area contributed by atoms with E-state index < -0.39 is 0 Å². The fourth-order valence-electron chi connectivity index (χ4n) is 2.92. The number of nitrogens with zero attached hydrogens (tertiary/aromatic N) is 2. The average molecular weight is 239 g/mol. The van der Waals surface area contributed by atoms with Crippen molar-refractivity contribution in [2.75, 3.05) is 11.9 Å². The van der Waals surface area contributed by atoms with E-state index in [-0.39, 0.29) is 0 Å². The SMILES string of the molecule is c1ccc(-c2cc3n(n2)C(C2CC2)CCN3)cc1. The highest BCUT2D eigenvalue weighted by atomic mass is 15.4. The van der Waals surface area contributed by atoms with E-state index in [1.165, 1.54) is 30.6 Å². The van der Waals surface area contributed by atoms with Gasteiger partial charge in [0.25, 0.3) is 0 Å². The molecule has 4 rings (SSSR count). The molecule has 3 heteroatoms. The Kier molecular flexibility index (Phi) is 2.19. The largest absolute Gasteiger partial charge is 0.370 e. The van der Waals surface area contributed by atoms with Crippen molar-refractivity contribution in [2.45, 2.75) is 25.3 Å². The molecule has 2 aliphatic rings. The van der Waals surface area contributed by atoms with Crippen molar-refractivity contribution in [3.05, 3.63) is 36.4 Å². The first kappa shape index (κ1) is 10.2. The molecule has 1 N–H and O–H groups in total. The molecule has 1 saturated carbocycles. The molecule has 0 radical (unpaired) electrons. The zero-order valence-electron chi connectivity index (χ0n) is 10.3. The van der Waals surface area contributed by atoms with Gasteiger partial charge in [-0.1, -0.05) is 30.3 Å². The molecule has 0 spiro atoms. The number of benzene rings is 1. The second-order valence-electron chi connectivity index (χ2n) is 5.35. The molecule has 0 amide bonds. The molecule has 1 fully saturated rings. The summed E-state index contributed by atoms with van der Waals surface area (Å²) in [5.41, 5.74) is 2.29. The minimum absolute atomic E-state index is 0.624. The van der Waals surface area contributed by atoms with Gasteiger partial charge in [-0.2, -0.15) is 5.10 Å². The summed E-state index contributed by atoms with van der Waals surface area (Å²) in [5, 5.41) is 8.28. The van der Waals surface area contributed by atoms with Crippen LogP contribution in [0.1, 0.15) is 25.3 Å². The summed E-state index contributed by atoms with van der Waals surface area (Å²) < 4.78 is 2.23. The maximum Gasteiger partial charge on any atom is 0.125 e. The van der Waals surface area contributed by atoms with Crippen molar-refractivity contribution in [2.24, 2.45) is 5.92 Å². The van der Waals surface area contributed by atoms with Crippen molar-refractivity contribution in [1.82, 2.24) is 9.78 Å². The zero-order chi connectivity index (χ0) is 11.9. The summed E-state index contributed by atoms with van der Waals surface area (Å²) >= 11 is 0. The number of nitrogens with one attached hydrogen (secondary N) is 1. The third-order valence-corrected chi connectivity index (χ3v) is 4.03. The molecule has 1 aromatic carbocycles. The van der Waals surface area contributed by atoms with E-state index >= 15 is 0 Å². The predicted octanol–water partition coefficient (Wildman–Crippen LogP) is 3.32. The van der Waals surface area contributed by atoms with Gasteiger partial charge in [-0.3, -0.25) is 0 Å². The van der Waals surface area contributed by atoms with Crippen LogP contribution < -0.4 is 5.32 Å². The highest BCUT2D eigenvalue weighted by Gasteiger charge is 2.35. The molecule has 1 atom stereocenters. The summed E-state index contributed by atoms with van der Waals surface area (Å²) in [7, 11) is 0. The van der Waals surface area contributed by atoms with Crippen LogP contribution in [0.5, 0.6) is 0 Å². The highest BCUT2D eigenvalue weighted by molar-refractivity contribution is 5.63. The van der Waals surface area contributed by atoms with Gasteiger partial charge in [0.05, 0.1) is 11.7 Å². The third-order valence-electron chi connectivity index (χ3n) is 4.03. The van der Waals surface area contributed by atoms with Gasteiger partial charge in [-0.05, 0) is 25.2 Å². The van der Waals surface area contributed by atoms with Crippen molar-refractivity contribution < 1.29 is 0 Å². The van der Waals surface area contributed by atoms with Crippen molar-refractivity contribution in [1.29, 1.82) is 0 Å². The Morgan fingerprint density at radius 2 is 1.94 bits per heavy atom. The van der Waals surface area contributed by atoms with E-state index in [0.29, 0.717) is 6.04 Å². The van der Waals surface area contributed by atoms with Gasteiger partial charge >= 0.3 is 0 Å². The Morgan fingerprint density at radius 3 is 2.72 bits per heavy atom. The molecular formula is C15H17N3. The Bertz CT molecular complexity index is 554. The van der Waals surface area contributed by atoms with Gasteiger partial charge in [-0.15, -0.1) is 0 Å².